The third-order valence-corrected chi connectivity index (χ3v) is 2.04. The number of rotatable bonds is 4. The van der Waals surface area contributed by atoms with Crippen LogP contribution in [0, 0.1) is 5.92 Å². The molecule has 2 nitrogen and oxygen atoms in total. The Morgan fingerprint density at radius 2 is 2.46 bits per heavy atom. The largest absolute Gasteiger partial charge is 0.292 e. The van der Waals surface area contributed by atoms with E-state index in [1.807, 2.05) is 24.5 Å². The average Bonchev–Trinajstić information content (AvgIpc) is 2.19. The van der Waals surface area contributed by atoms with Crippen LogP contribution in [0.2, 0.25) is 0 Å². The van der Waals surface area contributed by atoms with E-state index in [4.69, 9.17) is 0 Å². The first-order valence-corrected chi connectivity index (χ1v) is 4.72. The van der Waals surface area contributed by atoms with E-state index in [2.05, 4.69) is 23.8 Å². The van der Waals surface area contributed by atoms with Gasteiger partial charge in [-0.05, 0) is 12.0 Å². The molecule has 0 amide bonds. The van der Waals surface area contributed by atoms with Crippen LogP contribution in [0.1, 0.15) is 25.8 Å². The van der Waals surface area contributed by atoms with E-state index in [-0.39, 0.29) is 0 Å². The second-order valence-corrected chi connectivity index (χ2v) is 3.29. The van der Waals surface area contributed by atoms with Crippen LogP contribution in [0.5, 0.6) is 0 Å². The maximum atomic E-state index is 4.35. The van der Waals surface area contributed by atoms with E-state index in [0.29, 0.717) is 5.92 Å². The topological polar surface area (TPSA) is 25.2 Å². The zero-order valence-electron chi connectivity index (χ0n) is 8.27. The van der Waals surface area contributed by atoms with Crippen LogP contribution in [0.25, 0.3) is 0 Å². The molecule has 0 fully saturated rings. The van der Waals surface area contributed by atoms with Gasteiger partial charge in [0.1, 0.15) is 0 Å². The van der Waals surface area contributed by atoms with Crippen molar-refractivity contribution in [2.24, 2.45) is 10.9 Å². The molecular formula is C11H16N2. The van der Waals surface area contributed by atoms with Crippen LogP contribution in [-0.4, -0.2) is 17.7 Å². The second kappa shape index (κ2) is 5.46. The summed E-state index contributed by atoms with van der Waals surface area (Å²) < 4.78 is 0. The second-order valence-electron chi connectivity index (χ2n) is 3.29. The molecule has 0 aromatic carbocycles. The molecule has 0 spiro atoms. The van der Waals surface area contributed by atoms with Gasteiger partial charge in [0.25, 0.3) is 0 Å². The quantitative estimate of drug-likeness (QED) is 0.647. The molecule has 0 saturated carbocycles. The summed E-state index contributed by atoms with van der Waals surface area (Å²) in [4.78, 5) is 8.36. The Hall–Kier alpha value is -1.18. The lowest BCUT2D eigenvalue weighted by atomic mass is 10.1. The van der Waals surface area contributed by atoms with Gasteiger partial charge in [0.2, 0.25) is 0 Å². The summed E-state index contributed by atoms with van der Waals surface area (Å²) in [5.41, 5.74) is 1.07. The first kappa shape index (κ1) is 9.90. The molecule has 0 aliphatic heterocycles. The minimum atomic E-state index is 0.674. The Bertz CT molecular complexity index is 254. The Labute approximate surface area is 79.7 Å². The van der Waals surface area contributed by atoms with Crippen molar-refractivity contribution >= 4 is 6.21 Å². The normalized spacial score (nSPS) is 13.4. The number of nitrogens with zero attached hydrogens (tertiary/aromatic N) is 2. The van der Waals surface area contributed by atoms with Crippen LogP contribution in [0.3, 0.4) is 0 Å². The van der Waals surface area contributed by atoms with Crippen molar-refractivity contribution in [3.8, 4) is 0 Å². The molecule has 0 bridgehead atoms. The van der Waals surface area contributed by atoms with Crippen molar-refractivity contribution in [1.29, 1.82) is 0 Å². The fraction of sp³-hybridized carbons (Fsp3) is 0.455. The van der Waals surface area contributed by atoms with Gasteiger partial charge >= 0.3 is 0 Å². The van der Waals surface area contributed by atoms with Gasteiger partial charge in [0.05, 0.1) is 0 Å². The predicted molar refractivity (Wildman–Crippen MR) is 56.2 cm³/mol. The van der Waals surface area contributed by atoms with Crippen molar-refractivity contribution < 1.29 is 0 Å². The number of hydrogen-bond donors (Lipinski definition) is 0. The SMILES string of the molecule is CCC(C)CN=Cc1cccnc1. The Kier molecular flexibility index (Phi) is 4.16. The third-order valence-electron chi connectivity index (χ3n) is 2.04. The molecule has 1 aromatic rings. The van der Waals surface area contributed by atoms with Gasteiger partial charge in [0, 0.05) is 30.7 Å². The summed E-state index contributed by atoms with van der Waals surface area (Å²) in [6.45, 7) is 5.30. The smallest absolute Gasteiger partial charge is 0.0415 e. The number of aromatic nitrogens is 1. The number of aliphatic imine (C=N–C) groups is 1. The summed E-state index contributed by atoms with van der Waals surface area (Å²) in [7, 11) is 0. The van der Waals surface area contributed by atoms with Crippen molar-refractivity contribution in [2.75, 3.05) is 6.54 Å². The standard InChI is InChI=1S/C11H16N2/c1-3-10(2)7-13-9-11-5-4-6-12-8-11/h4-6,8-10H,3,7H2,1-2H3. The third kappa shape index (κ3) is 3.83. The van der Waals surface area contributed by atoms with Crippen molar-refractivity contribution in [2.45, 2.75) is 20.3 Å². The van der Waals surface area contributed by atoms with Gasteiger partial charge in [-0.15, -0.1) is 0 Å². The van der Waals surface area contributed by atoms with Gasteiger partial charge in [-0.3, -0.25) is 9.98 Å². The van der Waals surface area contributed by atoms with Gasteiger partial charge in [-0.25, -0.2) is 0 Å². The molecule has 0 N–H and O–H groups in total. The Balaban J connectivity index is 2.41. The van der Waals surface area contributed by atoms with E-state index < -0.39 is 0 Å². The molecule has 1 atom stereocenters. The summed E-state index contributed by atoms with van der Waals surface area (Å²) in [6.07, 6.45) is 6.66. The molecule has 1 rings (SSSR count). The van der Waals surface area contributed by atoms with Gasteiger partial charge < -0.3 is 0 Å². The van der Waals surface area contributed by atoms with Crippen LogP contribution < -0.4 is 0 Å². The first-order valence-electron chi connectivity index (χ1n) is 4.72. The van der Waals surface area contributed by atoms with E-state index in [9.17, 15) is 0 Å². The van der Waals surface area contributed by atoms with Crippen molar-refractivity contribution in [3.05, 3.63) is 30.1 Å². The maximum Gasteiger partial charge on any atom is 0.0415 e. The maximum absolute atomic E-state index is 4.35. The molecule has 0 radical (unpaired) electrons. The predicted octanol–water partition coefficient (Wildman–Crippen LogP) is 2.55. The highest BCUT2D eigenvalue weighted by Crippen LogP contribution is 2.00. The van der Waals surface area contributed by atoms with Gasteiger partial charge in [-0.2, -0.15) is 0 Å². The lowest BCUT2D eigenvalue weighted by Gasteiger charge is -2.01. The fourth-order valence-corrected chi connectivity index (χ4v) is 0.919. The highest BCUT2D eigenvalue weighted by atomic mass is 14.7. The van der Waals surface area contributed by atoms with E-state index in [0.717, 1.165) is 12.1 Å². The molecule has 0 saturated heterocycles. The molecule has 1 unspecified atom stereocenters. The minimum Gasteiger partial charge on any atom is -0.292 e. The first-order chi connectivity index (χ1) is 6.33. The highest BCUT2D eigenvalue weighted by Gasteiger charge is 1.94. The summed E-state index contributed by atoms with van der Waals surface area (Å²) >= 11 is 0. The summed E-state index contributed by atoms with van der Waals surface area (Å²) in [5.74, 6) is 0.674. The van der Waals surface area contributed by atoms with Crippen LogP contribution in [0.15, 0.2) is 29.5 Å². The van der Waals surface area contributed by atoms with E-state index in [1.165, 1.54) is 6.42 Å². The molecule has 1 aromatic heterocycles. The average molecular weight is 176 g/mol. The van der Waals surface area contributed by atoms with E-state index >= 15 is 0 Å². The molecule has 0 aliphatic carbocycles. The fourth-order valence-electron chi connectivity index (χ4n) is 0.919. The van der Waals surface area contributed by atoms with Crippen LogP contribution in [0.4, 0.5) is 0 Å². The molecular weight excluding hydrogens is 160 g/mol. The monoisotopic (exact) mass is 176 g/mol. The van der Waals surface area contributed by atoms with Crippen LogP contribution >= 0.6 is 0 Å². The lowest BCUT2D eigenvalue weighted by molar-refractivity contribution is 0.578. The van der Waals surface area contributed by atoms with E-state index in [1.54, 1.807) is 6.20 Å². The molecule has 13 heavy (non-hydrogen) atoms. The zero-order valence-corrected chi connectivity index (χ0v) is 8.27. The zero-order chi connectivity index (χ0) is 9.52. The Morgan fingerprint density at radius 3 is 3.08 bits per heavy atom. The number of pyridine rings is 1. The van der Waals surface area contributed by atoms with Gasteiger partial charge in [0.15, 0.2) is 0 Å². The molecule has 2 heteroatoms. The van der Waals surface area contributed by atoms with Crippen molar-refractivity contribution in [1.82, 2.24) is 4.98 Å². The minimum absolute atomic E-state index is 0.674. The molecule has 70 valence electrons. The summed E-state index contributed by atoms with van der Waals surface area (Å²) in [6, 6.07) is 3.93. The molecule has 0 aliphatic rings. The van der Waals surface area contributed by atoms with Crippen molar-refractivity contribution in [3.63, 3.8) is 0 Å². The molecule has 1 heterocycles. The van der Waals surface area contributed by atoms with Crippen LogP contribution in [-0.2, 0) is 0 Å². The lowest BCUT2D eigenvalue weighted by Crippen LogP contribution is -1.97. The van der Waals surface area contributed by atoms with Gasteiger partial charge in [-0.1, -0.05) is 26.3 Å². The Morgan fingerprint density at radius 1 is 1.62 bits per heavy atom. The summed E-state index contributed by atoms with van der Waals surface area (Å²) in [5, 5.41) is 0. The highest BCUT2D eigenvalue weighted by molar-refractivity contribution is 5.78. The number of hydrogen-bond acceptors (Lipinski definition) is 2.